The summed E-state index contributed by atoms with van der Waals surface area (Å²) in [5.74, 6) is 0.922. The standard InChI is InChI=1S/C30H29N3O5/c1-4-36-23-15-9-19(10-16-23)26-25-27(32-31-26)29(34)33(22-13-7-21(8-14-22)30(35)38-6-3)28(25)20-11-17-24(18-12-20)37-5-2/h7-18,28H,4-6H2,1-3H3,(H,31,32)/t28-/m0/s1. The van der Waals surface area contributed by atoms with Gasteiger partial charge in [-0.3, -0.25) is 14.8 Å². The molecule has 0 bridgehead atoms. The van der Waals surface area contributed by atoms with Crippen LogP contribution in [0.5, 0.6) is 11.5 Å². The molecular formula is C30H29N3O5. The second kappa shape index (κ2) is 10.8. The van der Waals surface area contributed by atoms with Gasteiger partial charge in [-0.25, -0.2) is 4.79 Å². The topological polar surface area (TPSA) is 93.8 Å². The molecule has 0 saturated carbocycles. The highest BCUT2D eigenvalue weighted by atomic mass is 16.5. The lowest BCUT2D eigenvalue weighted by Crippen LogP contribution is -2.29. The van der Waals surface area contributed by atoms with Gasteiger partial charge in [0.1, 0.15) is 17.2 Å². The number of anilines is 1. The van der Waals surface area contributed by atoms with E-state index in [9.17, 15) is 9.59 Å². The van der Waals surface area contributed by atoms with Gasteiger partial charge in [0, 0.05) is 16.8 Å². The molecule has 1 N–H and O–H groups in total. The second-order valence-electron chi connectivity index (χ2n) is 8.67. The molecule has 3 aromatic carbocycles. The third-order valence-corrected chi connectivity index (χ3v) is 6.37. The summed E-state index contributed by atoms with van der Waals surface area (Å²) in [6, 6.07) is 21.9. The van der Waals surface area contributed by atoms with Crippen molar-refractivity contribution < 1.29 is 23.8 Å². The zero-order valence-electron chi connectivity index (χ0n) is 21.6. The summed E-state index contributed by atoms with van der Waals surface area (Å²) in [5, 5.41) is 7.52. The summed E-state index contributed by atoms with van der Waals surface area (Å²) in [7, 11) is 0. The van der Waals surface area contributed by atoms with E-state index in [0.29, 0.717) is 42.5 Å². The molecule has 8 heteroatoms. The van der Waals surface area contributed by atoms with E-state index in [2.05, 4.69) is 10.2 Å². The number of aromatic amines is 1. The minimum atomic E-state index is -0.443. The van der Waals surface area contributed by atoms with Crippen molar-refractivity contribution in [2.75, 3.05) is 24.7 Å². The SMILES string of the molecule is CCOC(=O)c1ccc(N2C(=O)c3[nH]nc(-c4ccc(OCC)cc4)c3[C@@H]2c2ccc(OCC)cc2)cc1. The predicted molar refractivity (Wildman–Crippen MR) is 144 cm³/mol. The van der Waals surface area contributed by atoms with E-state index in [1.54, 1.807) is 36.1 Å². The van der Waals surface area contributed by atoms with Crippen LogP contribution in [-0.4, -0.2) is 41.9 Å². The molecular weight excluding hydrogens is 482 g/mol. The van der Waals surface area contributed by atoms with Gasteiger partial charge in [-0.1, -0.05) is 12.1 Å². The summed E-state index contributed by atoms with van der Waals surface area (Å²) in [6.45, 7) is 7.08. The van der Waals surface area contributed by atoms with Crippen LogP contribution in [0.25, 0.3) is 11.3 Å². The van der Waals surface area contributed by atoms with Crippen LogP contribution in [0.3, 0.4) is 0 Å². The summed E-state index contributed by atoms with van der Waals surface area (Å²) in [5.41, 5.74) is 4.78. The first kappa shape index (κ1) is 25.1. The maximum Gasteiger partial charge on any atom is 0.338 e. The summed E-state index contributed by atoms with van der Waals surface area (Å²) >= 11 is 0. The van der Waals surface area contributed by atoms with Crippen molar-refractivity contribution in [3.8, 4) is 22.8 Å². The molecule has 8 nitrogen and oxygen atoms in total. The predicted octanol–water partition coefficient (Wildman–Crippen LogP) is 5.80. The number of hydrogen-bond acceptors (Lipinski definition) is 6. The molecule has 38 heavy (non-hydrogen) atoms. The van der Waals surface area contributed by atoms with Crippen molar-refractivity contribution in [3.05, 3.63) is 95.2 Å². The Balaban J connectivity index is 1.59. The molecule has 0 aliphatic carbocycles. The molecule has 1 amide bonds. The van der Waals surface area contributed by atoms with Crippen LogP contribution in [0.1, 0.15) is 58.8 Å². The second-order valence-corrected chi connectivity index (χ2v) is 8.67. The van der Waals surface area contributed by atoms with Gasteiger partial charge >= 0.3 is 5.97 Å². The molecule has 0 unspecified atom stereocenters. The highest BCUT2D eigenvalue weighted by Gasteiger charge is 2.43. The minimum absolute atomic E-state index is 0.201. The van der Waals surface area contributed by atoms with Crippen LogP contribution < -0.4 is 14.4 Å². The molecule has 0 radical (unpaired) electrons. The fourth-order valence-electron chi connectivity index (χ4n) is 4.71. The normalized spacial score (nSPS) is 14.3. The Morgan fingerprint density at radius 1 is 0.842 bits per heavy atom. The molecule has 1 aromatic heterocycles. The molecule has 1 aliphatic rings. The monoisotopic (exact) mass is 511 g/mol. The van der Waals surface area contributed by atoms with Gasteiger partial charge in [-0.05, 0) is 87.0 Å². The van der Waals surface area contributed by atoms with Crippen molar-refractivity contribution in [1.29, 1.82) is 0 Å². The number of carbonyl (C=O) groups excluding carboxylic acids is 2. The Hall–Kier alpha value is -4.59. The van der Waals surface area contributed by atoms with Gasteiger partial charge < -0.3 is 14.2 Å². The first-order valence-electron chi connectivity index (χ1n) is 12.7. The first-order valence-corrected chi connectivity index (χ1v) is 12.7. The van der Waals surface area contributed by atoms with Crippen molar-refractivity contribution in [2.24, 2.45) is 0 Å². The lowest BCUT2D eigenvalue weighted by Gasteiger charge is -2.27. The van der Waals surface area contributed by atoms with Crippen LogP contribution in [-0.2, 0) is 4.74 Å². The number of hydrogen-bond donors (Lipinski definition) is 1. The zero-order chi connectivity index (χ0) is 26.6. The largest absolute Gasteiger partial charge is 0.494 e. The number of amides is 1. The minimum Gasteiger partial charge on any atom is -0.494 e. The maximum atomic E-state index is 13.8. The smallest absolute Gasteiger partial charge is 0.338 e. The number of fused-ring (bicyclic) bond motifs is 1. The fourth-order valence-corrected chi connectivity index (χ4v) is 4.71. The number of aromatic nitrogens is 2. The molecule has 1 atom stereocenters. The average Bonchev–Trinajstić information content (AvgIpc) is 3.49. The molecule has 4 aromatic rings. The highest BCUT2D eigenvalue weighted by Crippen LogP contribution is 2.45. The number of nitrogens with zero attached hydrogens (tertiary/aromatic N) is 2. The van der Waals surface area contributed by atoms with Gasteiger partial charge in [0.05, 0.1) is 37.1 Å². The highest BCUT2D eigenvalue weighted by molar-refractivity contribution is 6.12. The third kappa shape index (κ3) is 4.61. The number of H-pyrrole nitrogens is 1. The van der Waals surface area contributed by atoms with E-state index >= 15 is 0 Å². The van der Waals surface area contributed by atoms with Crippen LogP contribution in [0, 0.1) is 0 Å². The van der Waals surface area contributed by atoms with Crippen LogP contribution in [0.2, 0.25) is 0 Å². The molecule has 0 spiro atoms. The van der Waals surface area contributed by atoms with E-state index < -0.39 is 12.0 Å². The molecule has 194 valence electrons. The third-order valence-electron chi connectivity index (χ3n) is 6.37. The van der Waals surface area contributed by atoms with Crippen LogP contribution >= 0.6 is 0 Å². The van der Waals surface area contributed by atoms with Gasteiger partial charge in [-0.2, -0.15) is 5.10 Å². The Kier molecular flexibility index (Phi) is 7.13. The average molecular weight is 512 g/mol. The first-order chi connectivity index (χ1) is 18.5. The number of rotatable bonds is 9. The molecule has 5 rings (SSSR count). The van der Waals surface area contributed by atoms with Crippen molar-refractivity contribution in [2.45, 2.75) is 26.8 Å². The Morgan fingerprint density at radius 2 is 1.45 bits per heavy atom. The van der Waals surface area contributed by atoms with Crippen molar-refractivity contribution in [3.63, 3.8) is 0 Å². The van der Waals surface area contributed by atoms with Crippen LogP contribution in [0.4, 0.5) is 5.69 Å². The van der Waals surface area contributed by atoms with Gasteiger partial charge in [0.2, 0.25) is 0 Å². The Labute approximate surface area is 221 Å². The van der Waals surface area contributed by atoms with Gasteiger partial charge in [-0.15, -0.1) is 0 Å². The molecule has 1 aliphatic heterocycles. The summed E-state index contributed by atoms with van der Waals surface area (Å²) in [4.78, 5) is 27.7. The van der Waals surface area contributed by atoms with E-state index in [1.165, 1.54) is 0 Å². The van der Waals surface area contributed by atoms with Gasteiger partial charge in [0.25, 0.3) is 5.91 Å². The van der Waals surface area contributed by atoms with Crippen LogP contribution in [0.15, 0.2) is 72.8 Å². The number of carbonyl (C=O) groups is 2. The Bertz CT molecular complexity index is 1430. The maximum absolute atomic E-state index is 13.8. The number of benzene rings is 3. The van der Waals surface area contributed by atoms with E-state index in [0.717, 1.165) is 28.2 Å². The van der Waals surface area contributed by atoms with E-state index in [-0.39, 0.29) is 5.91 Å². The number of esters is 1. The van der Waals surface area contributed by atoms with Gasteiger partial charge in [0.15, 0.2) is 0 Å². The summed E-state index contributed by atoms with van der Waals surface area (Å²) < 4.78 is 16.3. The van der Waals surface area contributed by atoms with E-state index in [4.69, 9.17) is 14.2 Å². The van der Waals surface area contributed by atoms with Crippen molar-refractivity contribution in [1.82, 2.24) is 10.2 Å². The quantitative estimate of drug-likeness (QED) is 0.286. The van der Waals surface area contributed by atoms with E-state index in [1.807, 2.05) is 62.4 Å². The molecule has 0 saturated heterocycles. The number of nitrogens with one attached hydrogen (secondary N) is 1. The lowest BCUT2D eigenvalue weighted by molar-refractivity contribution is 0.0526. The molecule has 2 heterocycles. The van der Waals surface area contributed by atoms with Crippen molar-refractivity contribution >= 4 is 17.6 Å². The Morgan fingerprint density at radius 3 is 2.03 bits per heavy atom. The number of ether oxygens (including phenoxy) is 3. The lowest BCUT2D eigenvalue weighted by atomic mass is 9.95. The zero-order valence-corrected chi connectivity index (χ0v) is 21.6. The molecule has 0 fully saturated rings. The fraction of sp³-hybridized carbons (Fsp3) is 0.233. The summed E-state index contributed by atoms with van der Waals surface area (Å²) in [6.07, 6.45) is 0.